The van der Waals surface area contributed by atoms with Gasteiger partial charge in [0.15, 0.2) is 0 Å². The molecular weight excluding hydrogens is 308 g/mol. The van der Waals surface area contributed by atoms with Crippen molar-refractivity contribution in [2.75, 3.05) is 0 Å². The number of benzene rings is 1. The number of aromatic carboxylic acids is 1. The Balaban J connectivity index is 0.000000463. The lowest BCUT2D eigenvalue weighted by atomic mass is 10.1. The fourth-order valence-corrected chi connectivity index (χ4v) is 2.24. The lowest BCUT2D eigenvalue weighted by molar-refractivity contribution is -0.137. The van der Waals surface area contributed by atoms with Crippen molar-refractivity contribution in [3.8, 4) is 5.75 Å². The lowest BCUT2D eigenvalue weighted by Crippen LogP contribution is -1.95. The number of para-hydroxylation sites is 1. The molecule has 0 unspecified atom stereocenters. The monoisotopic (exact) mass is 338 g/mol. The molecule has 3 N–H and O–H groups in total. The van der Waals surface area contributed by atoms with Crippen LogP contribution in [0.4, 0.5) is 0 Å². The van der Waals surface area contributed by atoms with Gasteiger partial charge in [-0.3, -0.25) is 4.79 Å². The molecule has 0 amide bonds. The van der Waals surface area contributed by atoms with Gasteiger partial charge in [0.25, 0.3) is 0 Å². The normalized spacial score (nSPS) is 9.88. The summed E-state index contributed by atoms with van der Waals surface area (Å²) < 4.78 is 0. The number of carbonyl (C=O) groups is 2. The Morgan fingerprint density at radius 1 is 0.833 bits per heavy atom. The number of aliphatic carboxylic acids is 1. The van der Waals surface area contributed by atoms with Crippen molar-refractivity contribution in [3.05, 3.63) is 29.8 Å². The van der Waals surface area contributed by atoms with Gasteiger partial charge in [0.2, 0.25) is 0 Å². The smallest absolute Gasteiger partial charge is 0.339 e. The van der Waals surface area contributed by atoms with E-state index in [9.17, 15) is 9.59 Å². The fourth-order valence-electron chi connectivity index (χ4n) is 2.24. The quantitative estimate of drug-likeness (QED) is 0.489. The van der Waals surface area contributed by atoms with Crippen molar-refractivity contribution in [2.24, 2.45) is 0 Å². The van der Waals surface area contributed by atoms with E-state index >= 15 is 0 Å². The number of carboxylic acids is 2. The molecule has 0 fully saturated rings. The second-order valence-electron chi connectivity index (χ2n) is 5.79. The maximum absolute atomic E-state index is 10.3. The molecule has 0 aliphatic rings. The second kappa shape index (κ2) is 14.5. The SMILES string of the molecule is CCCCCCCCCCCC(=O)O.O=C(O)c1ccccc1O. The van der Waals surface area contributed by atoms with Crippen LogP contribution >= 0.6 is 0 Å². The Hall–Kier alpha value is -2.04. The van der Waals surface area contributed by atoms with Gasteiger partial charge in [0, 0.05) is 6.42 Å². The first-order valence-corrected chi connectivity index (χ1v) is 8.72. The molecule has 0 heterocycles. The molecule has 5 heteroatoms. The zero-order valence-electron chi connectivity index (χ0n) is 14.5. The van der Waals surface area contributed by atoms with Crippen molar-refractivity contribution >= 4 is 11.9 Å². The highest BCUT2D eigenvalue weighted by Gasteiger charge is 2.05. The van der Waals surface area contributed by atoms with Crippen LogP contribution in [0.3, 0.4) is 0 Å². The molecule has 136 valence electrons. The number of hydrogen-bond donors (Lipinski definition) is 3. The van der Waals surface area contributed by atoms with Crippen LogP contribution < -0.4 is 0 Å². The van der Waals surface area contributed by atoms with E-state index in [0.717, 1.165) is 12.8 Å². The first kappa shape index (κ1) is 22.0. The van der Waals surface area contributed by atoms with Crippen molar-refractivity contribution in [1.29, 1.82) is 0 Å². The van der Waals surface area contributed by atoms with Crippen molar-refractivity contribution in [1.82, 2.24) is 0 Å². The van der Waals surface area contributed by atoms with Crippen LogP contribution in [0.25, 0.3) is 0 Å². The zero-order valence-corrected chi connectivity index (χ0v) is 14.5. The predicted molar refractivity (Wildman–Crippen MR) is 94.5 cm³/mol. The van der Waals surface area contributed by atoms with Gasteiger partial charge in [-0.05, 0) is 18.6 Å². The predicted octanol–water partition coefficient (Wildman–Crippen LogP) is 5.08. The molecule has 1 aromatic rings. The molecule has 24 heavy (non-hydrogen) atoms. The maximum atomic E-state index is 10.3. The van der Waals surface area contributed by atoms with Gasteiger partial charge in [-0.15, -0.1) is 0 Å². The van der Waals surface area contributed by atoms with Crippen LogP contribution in [0.15, 0.2) is 24.3 Å². The van der Waals surface area contributed by atoms with Crippen LogP contribution in [0.5, 0.6) is 5.75 Å². The number of aromatic hydroxyl groups is 1. The largest absolute Gasteiger partial charge is 0.507 e. The van der Waals surface area contributed by atoms with Gasteiger partial charge >= 0.3 is 11.9 Å². The van der Waals surface area contributed by atoms with Crippen LogP contribution in [0, 0.1) is 0 Å². The fraction of sp³-hybridized carbons (Fsp3) is 0.579. The molecular formula is C19H30O5. The molecule has 0 saturated carbocycles. The molecule has 0 bridgehead atoms. The average Bonchev–Trinajstić information content (AvgIpc) is 2.54. The molecule has 0 spiro atoms. The van der Waals surface area contributed by atoms with Crippen molar-refractivity contribution in [2.45, 2.75) is 71.1 Å². The lowest BCUT2D eigenvalue weighted by Gasteiger charge is -2.00. The standard InChI is InChI=1S/C12H24O2.C7H6O3/c1-2-3-4-5-6-7-8-9-10-11-12(13)14;8-6-4-2-1-3-5(6)7(9)10/h2-11H2,1H3,(H,13,14);1-4,8H,(H,9,10). The highest BCUT2D eigenvalue weighted by molar-refractivity contribution is 5.90. The van der Waals surface area contributed by atoms with Gasteiger partial charge in [-0.2, -0.15) is 0 Å². The van der Waals surface area contributed by atoms with Gasteiger partial charge in [0.1, 0.15) is 11.3 Å². The summed E-state index contributed by atoms with van der Waals surface area (Å²) in [5.41, 5.74) is -0.0671. The second-order valence-corrected chi connectivity index (χ2v) is 5.79. The first-order chi connectivity index (χ1) is 11.5. The van der Waals surface area contributed by atoms with E-state index in [-0.39, 0.29) is 11.3 Å². The summed E-state index contributed by atoms with van der Waals surface area (Å²) in [6.07, 6.45) is 11.5. The van der Waals surface area contributed by atoms with E-state index in [1.165, 1.54) is 57.1 Å². The van der Waals surface area contributed by atoms with Crippen LogP contribution in [0.1, 0.15) is 81.5 Å². The molecule has 0 atom stereocenters. The molecule has 0 radical (unpaired) electrons. The number of rotatable bonds is 11. The summed E-state index contributed by atoms with van der Waals surface area (Å²) in [4.78, 5) is 20.5. The minimum absolute atomic E-state index is 0.0671. The Labute approximate surface area is 144 Å². The van der Waals surface area contributed by atoms with E-state index in [2.05, 4.69) is 6.92 Å². The third kappa shape index (κ3) is 12.5. The Bertz CT molecular complexity index is 471. The van der Waals surface area contributed by atoms with E-state index in [1.807, 2.05) is 0 Å². The Morgan fingerprint density at radius 2 is 1.33 bits per heavy atom. The number of phenols is 1. The van der Waals surface area contributed by atoms with Crippen LogP contribution in [-0.4, -0.2) is 27.3 Å². The Kier molecular flexibility index (Phi) is 13.3. The minimum Gasteiger partial charge on any atom is -0.507 e. The van der Waals surface area contributed by atoms with Crippen LogP contribution in [0.2, 0.25) is 0 Å². The summed E-state index contributed by atoms with van der Waals surface area (Å²) in [7, 11) is 0. The van der Waals surface area contributed by atoms with Gasteiger partial charge in [-0.25, -0.2) is 4.79 Å². The average molecular weight is 338 g/mol. The number of carboxylic acid groups (broad SMARTS) is 2. The van der Waals surface area contributed by atoms with Gasteiger partial charge in [0.05, 0.1) is 0 Å². The number of unbranched alkanes of at least 4 members (excludes halogenated alkanes) is 8. The molecule has 1 rings (SSSR count). The molecule has 0 aliphatic heterocycles. The summed E-state index contributed by atoms with van der Waals surface area (Å²) in [5.74, 6) is -1.97. The molecule has 0 aromatic heterocycles. The molecule has 5 nitrogen and oxygen atoms in total. The number of hydrogen-bond acceptors (Lipinski definition) is 3. The van der Waals surface area contributed by atoms with Gasteiger partial charge < -0.3 is 15.3 Å². The first-order valence-electron chi connectivity index (χ1n) is 8.72. The zero-order chi connectivity index (χ0) is 18.2. The van der Waals surface area contributed by atoms with Crippen molar-refractivity contribution in [3.63, 3.8) is 0 Å². The van der Waals surface area contributed by atoms with E-state index in [0.29, 0.717) is 6.42 Å². The molecule has 0 saturated heterocycles. The van der Waals surface area contributed by atoms with E-state index in [1.54, 1.807) is 12.1 Å². The van der Waals surface area contributed by atoms with Gasteiger partial charge in [-0.1, -0.05) is 70.4 Å². The topological polar surface area (TPSA) is 94.8 Å². The maximum Gasteiger partial charge on any atom is 0.339 e. The summed E-state index contributed by atoms with van der Waals surface area (Å²) in [6.45, 7) is 2.23. The summed E-state index contributed by atoms with van der Waals surface area (Å²) in [6, 6.07) is 5.81. The third-order valence-corrected chi connectivity index (χ3v) is 3.63. The molecule has 0 aliphatic carbocycles. The van der Waals surface area contributed by atoms with Crippen molar-refractivity contribution < 1.29 is 24.9 Å². The summed E-state index contributed by atoms with van der Waals surface area (Å²) in [5, 5.41) is 25.7. The highest BCUT2D eigenvalue weighted by Crippen LogP contribution is 2.14. The molecule has 1 aromatic carbocycles. The van der Waals surface area contributed by atoms with E-state index < -0.39 is 11.9 Å². The summed E-state index contributed by atoms with van der Waals surface area (Å²) >= 11 is 0. The minimum atomic E-state index is -1.11. The van der Waals surface area contributed by atoms with E-state index in [4.69, 9.17) is 15.3 Å². The Morgan fingerprint density at radius 3 is 1.75 bits per heavy atom. The third-order valence-electron chi connectivity index (χ3n) is 3.63. The van der Waals surface area contributed by atoms with Crippen LogP contribution in [-0.2, 0) is 4.79 Å². The highest BCUT2D eigenvalue weighted by atomic mass is 16.4.